The van der Waals surface area contributed by atoms with Gasteiger partial charge in [0.15, 0.2) is 17.1 Å². The molecule has 1 aliphatic heterocycles. The largest absolute Gasteiger partial charge is 0.486 e. The van der Waals surface area contributed by atoms with Crippen molar-refractivity contribution in [2.45, 2.75) is 13.0 Å². The zero-order valence-corrected chi connectivity index (χ0v) is 16.3. The Morgan fingerprint density at radius 3 is 2.83 bits per heavy atom. The molecule has 3 aromatic rings. The maximum Gasteiger partial charge on any atom is 0.420 e. The fourth-order valence-corrected chi connectivity index (χ4v) is 3.46. The van der Waals surface area contributed by atoms with E-state index in [-0.39, 0.29) is 17.8 Å². The average Bonchev–Trinajstić information content (AvgIpc) is 3.02. The van der Waals surface area contributed by atoms with Gasteiger partial charge in [-0.1, -0.05) is 11.6 Å². The molecular formula is C19H16ClN3O7. The fraction of sp³-hybridized carbons (Fsp3) is 0.263. The average molecular weight is 434 g/mol. The van der Waals surface area contributed by atoms with Crippen molar-refractivity contribution in [1.82, 2.24) is 9.88 Å². The van der Waals surface area contributed by atoms with Crippen LogP contribution in [0, 0.1) is 10.1 Å². The van der Waals surface area contributed by atoms with Crippen molar-refractivity contribution < 1.29 is 23.6 Å². The molecule has 10 nitrogen and oxygen atoms in total. The minimum absolute atomic E-state index is 0.0490. The van der Waals surface area contributed by atoms with E-state index in [0.29, 0.717) is 48.2 Å². The first kappa shape index (κ1) is 19.8. The molecule has 0 fully saturated rings. The van der Waals surface area contributed by atoms with Gasteiger partial charge in [-0.05, 0) is 30.2 Å². The summed E-state index contributed by atoms with van der Waals surface area (Å²) in [4.78, 5) is 34.6. The fourth-order valence-electron chi connectivity index (χ4n) is 3.17. The van der Waals surface area contributed by atoms with E-state index >= 15 is 0 Å². The van der Waals surface area contributed by atoms with Crippen molar-refractivity contribution in [3.8, 4) is 11.5 Å². The molecule has 1 N–H and O–H groups in total. The van der Waals surface area contributed by atoms with Crippen LogP contribution in [-0.2, 0) is 17.8 Å². The summed E-state index contributed by atoms with van der Waals surface area (Å²) in [5.74, 6) is -0.0798. The van der Waals surface area contributed by atoms with Crippen LogP contribution in [0.3, 0.4) is 0 Å². The van der Waals surface area contributed by atoms with Crippen LogP contribution in [0.2, 0.25) is 5.02 Å². The number of carbonyl (C=O) groups is 1. The number of halogens is 1. The molecule has 11 heteroatoms. The number of carbonyl (C=O) groups excluding carboxylic acids is 1. The number of amides is 1. The quantitative estimate of drug-likeness (QED) is 0.466. The Morgan fingerprint density at radius 1 is 1.23 bits per heavy atom. The van der Waals surface area contributed by atoms with Gasteiger partial charge in [0.2, 0.25) is 5.91 Å². The van der Waals surface area contributed by atoms with E-state index in [1.54, 1.807) is 6.07 Å². The Kier molecular flexibility index (Phi) is 5.32. The minimum Gasteiger partial charge on any atom is -0.486 e. The highest BCUT2D eigenvalue weighted by Crippen LogP contribution is 2.38. The first-order chi connectivity index (χ1) is 14.4. The molecule has 156 valence electrons. The number of aromatic nitrogens is 1. The van der Waals surface area contributed by atoms with Gasteiger partial charge in [0.25, 0.3) is 5.69 Å². The van der Waals surface area contributed by atoms with Crippen LogP contribution in [0.25, 0.3) is 11.1 Å². The summed E-state index contributed by atoms with van der Waals surface area (Å²) in [6.45, 7) is 0.925. The molecule has 1 amide bonds. The van der Waals surface area contributed by atoms with E-state index in [1.165, 1.54) is 12.1 Å². The highest BCUT2D eigenvalue weighted by molar-refractivity contribution is 6.32. The monoisotopic (exact) mass is 433 g/mol. The van der Waals surface area contributed by atoms with E-state index in [2.05, 4.69) is 5.32 Å². The van der Waals surface area contributed by atoms with Crippen LogP contribution in [0.5, 0.6) is 11.5 Å². The summed E-state index contributed by atoms with van der Waals surface area (Å²) in [6.07, 6.45) is 0.495. The molecule has 4 rings (SSSR count). The number of rotatable bonds is 6. The van der Waals surface area contributed by atoms with Gasteiger partial charge in [-0.3, -0.25) is 19.5 Å². The molecule has 0 spiro atoms. The zero-order chi connectivity index (χ0) is 21.3. The van der Waals surface area contributed by atoms with Gasteiger partial charge in [-0.15, -0.1) is 0 Å². The van der Waals surface area contributed by atoms with Gasteiger partial charge < -0.3 is 19.2 Å². The van der Waals surface area contributed by atoms with Gasteiger partial charge in [0, 0.05) is 12.6 Å². The number of hydrogen-bond acceptors (Lipinski definition) is 7. The highest BCUT2D eigenvalue weighted by atomic mass is 35.5. The lowest BCUT2D eigenvalue weighted by Crippen LogP contribution is -2.32. The summed E-state index contributed by atoms with van der Waals surface area (Å²) in [5, 5.41) is 14.0. The molecular weight excluding hydrogens is 418 g/mol. The van der Waals surface area contributed by atoms with Crippen molar-refractivity contribution in [1.29, 1.82) is 0 Å². The van der Waals surface area contributed by atoms with Crippen LogP contribution < -0.4 is 20.5 Å². The van der Waals surface area contributed by atoms with Crippen LogP contribution in [0.4, 0.5) is 5.69 Å². The Hall–Kier alpha value is -3.53. The molecule has 30 heavy (non-hydrogen) atoms. The molecule has 0 bridgehead atoms. The van der Waals surface area contributed by atoms with Gasteiger partial charge in [0.1, 0.15) is 19.8 Å². The number of nitro benzene ring substituents is 1. The molecule has 2 heterocycles. The van der Waals surface area contributed by atoms with Crippen molar-refractivity contribution in [3.05, 3.63) is 61.6 Å². The third-order valence-corrected chi connectivity index (χ3v) is 4.84. The molecule has 0 aliphatic carbocycles. The number of nitrogens with one attached hydrogen (secondary N) is 1. The summed E-state index contributed by atoms with van der Waals surface area (Å²) in [5.41, 5.74) is 1.01. The van der Waals surface area contributed by atoms with Crippen LogP contribution in [0.15, 0.2) is 39.5 Å². The van der Waals surface area contributed by atoms with E-state index in [1.807, 2.05) is 6.07 Å². The molecule has 0 atom stereocenters. The second-order valence-electron chi connectivity index (χ2n) is 6.57. The molecule has 0 radical (unpaired) electrons. The third-order valence-electron chi connectivity index (χ3n) is 4.56. The topological polar surface area (TPSA) is 126 Å². The molecule has 0 unspecified atom stereocenters. The Morgan fingerprint density at radius 2 is 2.03 bits per heavy atom. The number of ether oxygens (including phenoxy) is 2. The van der Waals surface area contributed by atoms with Gasteiger partial charge >= 0.3 is 5.76 Å². The number of fused-ring (bicyclic) bond motifs is 2. The lowest BCUT2D eigenvalue weighted by atomic mass is 10.1. The zero-order valence-electron chi connectivity index (χ0n) is 15.6. The summed E-state index contributed by atoms with van der Waals surface area (Å²) >= 11 is 6.20. The SMILES string of the molecule is O=C(Cn1c(=O)oc2cc([N+](=O)[O-])ccc21)NCCc1cc(Cl)c2c(c1)OCCO2. The summed E-state index contributed by atoms with van der Waals surface area (Å²) in [7, 11) is 0. The Bertz CT molecular complexity index is 1200. The Labute approximate surface area is 174 Å². The summed E-state index contributed by atoms with van der Waals surface area (Å²) < 4.78 is 17.1. The first-order valence-electron chi connectivity index (χ1n) is 9.05. The number of non-ortho nitro benzene ring substituents is 1. The minimum atomic E-state index is -0.765. The van der Waals surface area contributed by atoms with E-state index in [0.717, 1.165) is 16.2 Å². The third kappa shape index (κ3) is 3.94. The second kappa shape index (κ2) is 8.07. The van der Waals surface area contributed by atoms with Gasteiger partial charge in [-0.2, -0.15) is 0 Å². The van der Waals surface area contributed by atoms with Crippen molar-refractivity contribution in [2.75, 3.05) is 19.8 Å². The second-order valence-corrected chi connectivity index (χ2v) is 6.97. The molecule has 2 aromatic carbocycles. The predicted molar refractivity (Wildman–Crippen MR) is 106 cm³/mol. The maximum atomic E-state index is 12.3. The number of hydrogen-bond donors (Lipinski definition) is 1. The van der Waals surface area contributed by atoms with Crippen LogP contribution in [0.1, 0.15) is 5.56 Å². The standard InChI is InChI=1S/C19H16ClN3O7/c20-13-7-11(8-16-18(13)29-6-5-28-16)3-4-21-17(24)10-22-14-2-1-12(23(26)27)9-15(14)30-19(22)25/h1-2,7-9H,3-6,10H2,(H,21,24). The smallest absolute Gasteiger partial charge is 0.420 e. The molecule has 1 aliphatic rings. The predicted octanol–water partition coefficient (Wildman–Crippen LogP) is 2.29. The first-order valence-corrected chi connectivity index (χ1v) is 9.42. The van der Waals surface area contributed by atoms with Crippen LogP contribution >= 0.6 is 11.6 Å². The Balaban J connectivity index is 1.40. The normalized spacial score (nSPS) is 12.7. The highest BCUT2D eigenvalue weighted by Gasteiger charge is 2.18. The number of benzene rings is 2. The number of nitro groups is 1. The number of oxazole rings is 1. The van der Waals surface area contributed by atoms with Crippen molar-refractivity contribution >= 4 is 34.3 Å². The van der Waals surface area contributed by atoms with E-state index < -0.39 is 16.6 Å². The van der Waals surface area contributed by atoms with E-state index in [4.69, 9.17) is 25.5 Å². The van der Waals surface area contributed by atoms with Gasteiger partial charge in [-0.25, -0.2) is 4.79 Å². The van der Waals surface area contributed by atoms with Crippen LogP contribution in [-0.4, -0.2) is 35.2 Å². The van der Waals surface area contributed by atoms with E-state index in [9.17, 15) is 19.7 Å². The summed E-state index contributed by atoms with van der Waals surface area (Å²) in [6, 6.07) is 7.34. The lowest BCUT2D eigenvalue weighted by molar-refractivity contribution is -0.384. The van der Waals surface area contributed by atoms with Crippen molar-refractivity contribution in [3.63, 3.8) is 0 Å². The molecule has 0 saturated carbocycles. The lowest BCUT2D eigenvalue weighted by Gasteiger charge is -2.20. The molecule has 1 aromatic heterocycles. The van der Waals surface area contributed by atoms with Gasteiger partial charge in [0.05, 0.1) is 21.5 Å². The molecule has 0 saturated heterocycles. The van der Waals surface area contributed by atoms with Crippen molar-refractivity contribution in [2.24, 2.45) is 0 Å². The number of nitrogens with zero attached hydrogens (tertiary/aromatic N) is 2. The maximum absolute atomic E-state index is 12.3.